The molecule has 0 aliphatic carbocycles. The molecule has 17 heavy (non-hydrogen) atoms. The quantitative estimate of drug-likeness (QED) is 0.758. The lowest BCUT2D eigenvalue weighted by Gasteiger charge is -2.10. The normalized spacial score (nSPS) is 10.2. The van der Waals surface area contributed by atoms with Gasteiger partial charge in [-0.25, -0.2) is 0 Å². The molecule has 88 valence electrons. The van der Waals surface area contributed by atoms with Gasteiger partial charge in [0.05, 0.1) is 0 Å². The highest BCUT2D eigenvalue weighted by atomic mass is 16.3. The van der Waals surface area contributed by atoms with E-state index in [0.717, 1.165) is 5.69 Å². The number of phenols is 1. The molecule has 2 aromatic rings. The zero-order valence-electron chi connectivity index (χ0n) is 9.53. The molecule has 0 saturated carbocycles. The van der Waals surface area contributed by atoms with Crippen LogP contribution in [-0.2, 0) is 6.42 Å². The van der Waals surface area contributed by atoms with Gasteiger partial charge in [0.1, 0.15) is 11.6 Å². The molecule has 1 aromatic heterocycles. The third kappa shape index (κ3) is 2.47. The molecule has 1 aromatic carbocycles. The number of benzene rings is 1. The van der Waals surface area contributed by atoms with Gasteiger partial charge in [0.25, 0.3) is 0 Å². The van der Waals surface area contributed by atoms with Crippen molar-refractivity contribution < 1.29 is 5.11 Å². The second kappa shape index (κ2) is 4.74. The van der Waals surface area contributed by atoms with Crippen molar-refractivity contribution in [2.75, 3.05) is 5.32 Å². The maximum atomic E-state index is 11.6. The summed E-state index contributed by atoms with van der Waals surface area (Å²) in [5.41, 5.74) is 1.45. The van der Waals surface area contributed by atoms with Crippen LogP contribution in [0.25, 0.3) is 0 Å². The zero-order valence-corrected chi connectivity index (χ0v) is 9.53. The highest BCUT2D eigenvalue weighted by Gasteiger charge is 2.05. The van der Waals surface area contributed by atoms with Crippen molar-refractivity contribution in [3.05, 3.63) is 52.3 Å². The second-order valence-corrected chi connectivity index (χ2v) is 3.72. The minimum atomic E-state index is 0.00824. The minimum absolute atomic E-state index is 0.00824. The predicted molar refractivity (Wildman–Crippen MR) is 67.8 cm³/mol. The molecule has 0 aliphatic rings. The van der Waals surface area contributed by atoms with Gasteiger partial charge in [-0.1, -0.05) is 13.0 Å². The van der Waals surface area contributed by atoms with E-state index in [-0.39, 0.29) is 11.2 Å². The van der Waals surface area contributed by atoms with Gasteiger partial charge in [-0.3, -0.25) is 4.79 Å². The van der Waals surface area contributed by atoms with Gasteiger partial charge in [-0.2, -0.15) is 0 Å². The number of anilines is 2. The van der Waals surface area contributed by atoms with Crippen LogP contribution in [-0.4, -0.2) is 10.1 Å². The lowest BCUT2D eigenvalue weighted by atomic mass is 10.2. The van der Waals surface area contributed by atoms with Crippen LogP contribution in [0.5, 0.6) is 5.75 Å². The van der Waals surface area contributed by atoms with Gasteiger partial charge in [0.15, 0.2) is 5.43 Å². The Labute approximate surface area is 98.9 Å². The highest BCUT2D eigenvalue weighted by molar-refractivity contribution is 5.60. The summed E-state index contributed by atoms with van der Waals surface area (Å²) in [6.45, 7) is 1.93. The number of hydrogen-bond acceptors (Lipinski definition) is 3. The molecule has 0 spiro atoms. The Morgan fingerprint density at radius 2 is 2.18 bits per heavy atom. The number of aromatic amines is 1. The summed E-state index contributed by atoms with van der Waals surface area (Å²) in [5, 5.41) is 12.4. The lowest BCUT2D eigenvalue weighted by molar-refractivity contribution is 0.475. The first-order chi connectivity index (χ1) is 8.20. The van der Waals surface area contributed by atoms with Gasteiger partial charge >= 0.3 is 0 Å². The average Bonchev–Trinajstić information content (AvgIpc) is 2.29. The SMILES string of the molecule is CCc1c(Nc2cccc(O)c2)[nH]ccc1=O. The highest BCUT2D eigenvalue weighted by Crippen LogP contribution is 2.20. The Morgan fingerprint density at radius 1 is 1.35 bits per heavy atom. The fourth-order valence-electron chi connectivity index (χ4n) is 1.70. The van der Waals surface area contributed by atoms with Crippen LogP contribution < -0.4 is 10.7 Å². The Kier molecular flexibility index (Phi) is 3.14. The predicted octanol–water partition coefficient (Wildman–Crippen LogP) is 2.39. The second-order valence-electron chi connectivity index (χ2n) is 3.72. The molecule has 0 unspecified atom stereocenters. The fourth-order valence-corrected chi connectivity index (χ4v) is 1.70. The number of hydrogen-bond donors (Lipinski definition) is 3. The van der Waals surface area contributed by atoms with Crippen molar-refractivity contribution in [1.29, 1.82) is 0 Å². The van der Waals surface area contributed by atoms with Crippen molar-refractivity contribution in [3.8, 4) is 5.75 Å². The van der Waals surface area contributed by atoms with Gasteiger partial charge in [-0.05, 0) is 18.6 Å². The monoisotopic (exact) mass is 230 g/mol. The first-order valence-electron chi connectivity index (χ1n) is 5.47. The summed E-state index contributed by atoms with van der Waals surface area (Å²) in [5.74, 6) is 0.858. The van der Waals surface area contributed by atoms with Crippen molar-refractivity contribution in [3.63, 3.8) is 0 Å². The van der Waals surface area contributed by atoms with E-state index in [1.54, 1.807) is 24.4 Å². The van der Waals surface area contributed by atoms with E-state index in [1.165, 1.54) is 6.07 Å². The van der Waals surface area contributed by atoms with Crippen LogP contribution in [0.4, 0.5) is 11.5 Å². The Hall–Kier alpha value is -2.23. The van der Waals surface area contributed by atoms with E-state index in [2.05, 4.69) is 10.3 Å². The summed E-state index contributed by atoms with van der Waals surface area (Å²) in [6.07, 6.45) is 2.25. The van der Waals surface area contributed by atoms with Crippen LogP contribution in [0.15, 0.2) is 41.3 Å². The zero-order chi connectivity index (χ0) is 12.3. The van der Waals surface area contributed by atoms with Crippen LogP contribution in [0.2, 0.25) is 0 Å². The van der Waals surface area contributed by atoms with Crippen molar-refractivity contribution in [2.24, 2.45) is 0 Å². The van der Waals surface area contributed by atoms with Gasteiger partial charge in [0.2, 0.25) is 0 Å². The first kappa shape index (κ1) is 11.3. The van der Waals surface area contributed by atoms with Crippen LogP contribution in [0, 0.1) is 0 Å². The molecular weight excluding hydrogens is 216 g/mol. The molecule has 3 N–H and O–H groups in total. The Bertz CT molecular complexity index is 576. The molecule has 4 heteroatoms. The van der Waals surface area contributed by atoms with Crippen LogP contribution in [0.3, 0.4) is 0 Å². The average molecular weight is 230 g/mol. The van der Waals surface area contributed by atoms with Crippen LogP contribution >= 0.6 is 0 Å². The molecule has 2 rings (SSSR count). The molecule has 0 fully saturated rings. The number of phenolic OH excluding ortho intramolecular Hbond substituents is 1. The van der Waals surface area contributed by atoms with E-state index in [9.17, 15) is 9.90 Å². The summed E-state index contributed by atoms with van der Waals surface area (Å²) < 4.78 is 0. The number of rotatable bonds is 3. The molecule has 4 nitrogen and oxygen atoms in total. The Balaban J connectivity index is 2.36. The summed E-state index contributed by atoms with van der Waals surface area (Å²) in [4.78, 5) is 14.6. The van der Waals surface area contributed by atoms with Crippen molar-refractivity contribution >= 4 is 11.5 Å². The van der Waals surface area contributed by atoms with Crippen molar-refractivity contribution in [2.45, 2.75) is 13.3 Å². The van der Waals surface area contributed by atoms with Crippen molar-refractivity contribution in [1.82, 2.24) is 4.98 Å². The molecule has 1 heterocycles. The standard InChI is InChI=1S/C13H14N2O2/c1-2-11-12(17)6-7-14-13(11)15-9-4-3-5-10(16)8-9/h3-8,16H,2H2,1H3,(H2,14,15,17). The largest absolute Gasteiger partial charge is 0.508 e. The van der Waals surface area contributed by atoms with Crippen LogP contribution in [0.1, 0.15) is 12.5 Å². The van der Waals surface area contributed by atoms with E-state index in [0.29, 0.717) is 17.8 Å². The molecule has 0 atom stereocenters. The molecule has 0 amide bonds. The summed E-state index contributed by atoms with van der Waals surface area (Å²) >= 11 is 0. The number of H-pyrrole nitrogens is 1. The topological polar surface area (TPSA) is 65.1 Å². The summed E-state index contributed by atoms with van der Waals surface area (Å²) in [7, 11) is 0. The molecule has 0 bridgehead atoms. The lowest BCUT2D eigenvalue weighted by Crippen LogP contribution is -2.11. The molecule has 0 aliphatic heterocycles. The number of aromatic nitrogens is 1. The number of pyridine rings is 1. The van der Waals surface area contributed by atoms with Gasteiger partial charge < -0.3 is 15.4 Å². The van der Waals surface area contributed by atoms with E-state index in [4.69, 9.17) is 0 Å². The summed E-state index contributed by atoms with van der Waals surface area (Å²) in [6, 6.07) is 8.27. The molecule has 0 saturated heterocycles. The smallest absolute Gasteiger partial charge is 0.186 e. The first-order valence-corrected chi connectivity index (χ1v) is 5.47. The van der Waals surface area contributed by atoms with E-state index in [1.807, 2.05) is 13.0 Å². The Morgan fingerprint density at radius 3 is 2.88 bits per heavy atom. The van der Waals surface area contributed by atoms with E-state index >= 15 is 0 Å². The van der Waals surface area contributed by atoms with E-state index < -0.39 is 0 Å². The minimum Gasteiger partial charge on any atom is -0.508 e. The fraction of sp³-hybridized carbons (Fsp3) is 0.154. The number of aromatic hydroxyl groups is 1. The maximum absolute atomic E-state index is 11.6. The van der Waals surface area contributed by atoms with Gasteiger partial charge in [0, 0.05) is 29.6 Å². The molecule has 0 radical (unpaired) electrons. The third-order valence-electron chi connectivity index (χ3n) is 2.53. The maximum Gasteiger partial charge on any atom is 0.186 e. The third-order valence-corrected chi connectivity index (χ3v) is 2.53. The molecular formula is C13H14N2O2. The number of nitrogens with one attached hydrogen (secondary N) is 2. The van der Waals surface area contributed by atoms with Gasteiger partial charge in [-0.15, -0.1) is 0 Å².